The zero-order valence-electron chi connectivity index (χ0n) is 11.0. The lowest BCUT2D eigenvalue weighted by Gasteiger charge is -2.28. The normalized spacial score (nSPS) is 15.1. The van der Waals surface area contributed by atoms with Crippen molar-refractivity contribution in [2.45, 2.75) is 0 Å². The second-order valence-electron chi connectivity index (χ2n) is 4.45. The van der Waals surface area contributed by atoms with Crippen molar-refractivity contribution in [3.8, 4) is 0 Å². The van der Waals surface area contributed by atoms with Crippen LogP contribution in [-0.4, -0.2) is 47.7 Å². The molecule has 0 aliphatic carbocycles. The van der Waals surface area contributed by atoms with Crippen molar-refractivity contribution in [2.24, 2.45) is 0 Å². The smallest absolute Gasteiger partial charge is 0.142 e. The molecular formula is C13H16N6O. The van der Waals surface area contributed by atoms with E-state index in [-0.39, 0.29) is 0 Å². The molecule has 0 aromatic carbocycles. The Morgan fingerprint density at radius 2 is 2.15 bits per heavy atom. The summed E-state index contributed by atoms with van der Waals surface area (Å²) in [6, 6.07) is 5.64. The third kappa shape index (κ3) is 2.62. The first-order valence-electron chi connectivity index (χ1n) is 6.47. The largest absolute Gasteiger partial charge is 0.378 e. The summed E-state index contributed by atoms with van der Waals surface area (Å²) in [4.78, 5) is 6.78. The number of anilines is 3. The van der Waals surface area contributed by atoms with Gasteiger partial charge in [0.2, 0.25) is 0 Å². The van der Waals surface area contributed by atoms with Gasteiger partial charge in [-0.2, -0.15) is 5.10 Å². The standard InChI is InChI=1S/C13H16N6O/c14-9-10-1-2-12(19-5-7-20-8-6-19)17-13(10)16-11-3-4-15-18-11/h1-4,9,14H,5-8H2,(H2,15,16,17,18). The van der Waals surface area contributed by atoms with Crippen LogP contribution in [0.2, 0.25) is 0 Å². The number of hydrogen-bond acceptors (Lipinski definition) is 6. The molecular weight excluding hydrogens is 256 g/mol. The van der Waals surface area contributed by atoms with E-state index in [1.807, 2.05) is 18.2 Å². The van der Waals surface area contributed by atoms with Gasteiger partial charge in [0.25, 0.3) is 0 Å². The molecule has 2 aromatic rings. The Hall–Kier alpha value is -2.41. The molecule has 3 N–H and O–H groups in total. The summed E-state index contributed by atoms with van der Waals surface area (Å²) in [6.07, 6.45) is 2.95. The molecule has 1 aliphatic heterocycles. The third-order valence-corrected chi connectivity index (χ3v) is 3.16. The molecule has 1 fully saturated rings. The van der Waals surface area contributed by atoms with Crippen LogP contribution in [0, 0.1) is 5.41 Å². The van der Waals surface area contributed by atoms with E-state index in [0.29, 0.717) is 5.82 Å². The molecule has 0 radical (unpaired) electrons. The number of ether oxygens (including phenoxy) is 1. The molecule has 0 unspecified atom stereocenters. The molecule has 0 bridgehead atoms. The number of morpholine rings is 1. The van der Waals surface area contributed by atoms with Crippen LogP contribution in [0.15, 0.2) is 24.4 Å². The lowest BCUT2D eigenvalue weighted by atomic mass is 10.2. The van der Waals surface area contributed by atoms with Crippen molar-refractivity contribution >= 4 is 23.7 Å². The second-order valence-corrected chi connectivity index (χ2v) is 4.45. The predicted octanol–water partition coefficient (Wildman–Crippen LogP) is 1.38. The van der Waals surface area contributed by atoms with E-state index in [2.05, 4.69) is 25.4 Å². The highest BCUT2D eigenvalue weighted by atomic mass is 16.5. The van der Waals surface area contributed by atoms with Crippen LogP contribution >= 0.6 is 0 Å². The molecule has 2 aromatic heterocycles. The van der Waals surface area contributed by atoms with Gasteiger partial charge in [0, 0.05) is 30.9 Å². The fourth-order valence-electron chi connectivity index (χ4n) is 2.10. The van der Waals surface area contributed by atoms with Crippen molar-refractivity contribution in [3.63, 3.8) is 0 Å². The second kappa shape index (κ2) is 5.70. The predicted molar refractivity (Wildman–Crippen MR) is 77.0 cm³/mol. The number of pyridine rings is 1. The molecule has 3 rings (SSSR count). The van der Waals surface area contributed by atoms with Crippen molar-refractivity contribution in [1.82, 2.24) is 15.2 Å². The Labute approximate surface area is 116 Å². The average Bonchev–Trinajstić information content (AvgIpc) is 3.01. The van der Waals surface area contributed by atoms with Gasteiger partial charge in [-0.1, -0.05) is 0 Å². The topological polar surface area (TPSA) is 89.9 Å². The van der Waals surface area contributed by atoms with E-state index < -0.39 is 0 Å². The highest BCUT2D eigenvalue weighted by molar-refractivity contribution is 5.86. The number of nitrogens with one attached hydrogen (secondary N) is 3. The minimum atomic E-state index is 0.647. The molecule has 7 heteroatoms. The molecule has 3 heterocycles. The van der Waals surface area contributed by atoms with Gasteiger partial charge in [-0.25, -0.2) is 4.98 Å². The van der Waals surface area contributed by atoms with E-state index in [1.165, 1.54) is 6.21 Å². The van der Waals surface area contributed by atoms with Gasteiger partial charge in [-0.05, 0) is 12.1 Å². The summed E-state index contributed by atoms with van der Waals surface area (Å²) in [5.74, 6) is 2.29. The van der Waals surface area contributed by atoms with Crippen molar-refractivity contribution in [3.05, 3.63) is 30.0 Å². The maximum absolute atomic E-state index is 7.46. The molecule has 1 aliphatic rings. The molecule has 0 saturated carbocycles. The maximum atomic E-state index is 7.46. The quantitative estimate of drug-likeness (QED) is 0.732. The molecule has 0 amide bonds. The average molecular weight is 272 g/mol. The molecule has 1 saturated heterocycles. The van der Waals surface area contributed by atoms with E-state index in [0.717, 1.165) is 43.5 Å². The lowest BCUT2D eigenvalue weighted by molar-refractivity contribution is 0.122. The van der Waals surface area contributed by atoms with Crippen LogP contribution in [0.25, 0.3) is 0 Å². The number of aromatic amines is 1. The molecule has 0 atom stereocenters. The minimum Gasteiger partial charge on any atom is -0.378 e. The van der Waals surface area contributed by atoms with Gasteiger partial charge >= 0.3 is 0 Å². The summed E-state index contributed by atoms with van der Waals surface area (Å²) < 4.78 is 5.35. The number of aromatic nitrogens is 3. The summed E-state index contributed by atoms with van der Waals surface area (Å²) in [7, 11) is 0. The number of nitrogens with zero attached hydrogens (tertiary/aromatic N) is 3. The summed E-state index contributed by atoms with van der Waals surface area (Å²) >= 11 is 0. The summed E-state index contributed by atoms with van der Waals surface area (Å²) in [6.45, 7) is 3.11. The van der Waals surface area contributed by atoms with Gasteiger partial charge in [-0.15, -0.1) is 0 Å². The number of hydrogen-bond donors (Lipinski definition) is 3. The van der Waals surface area contributed by atoms with E-state index >= 15 is 0 Å². The van der Waals surface area contributed by atoms with Gasteiger partial charge in [0.05, 0.1) is 19.4 Å². The van der Waals surface area contributed by atoms with E-state index in [1.54, 1.807) is 6.20 Å². The van der Waals surface area contributed by atoms with E-state index in [9.17, 15) is 0 Å². The Morgan fingerprint density at radius 1 is 1.30 bits per heavy atom. The monoisotopic (exact) mass is 272 g/mol. The summed E-state index contributed by atoms with van der Waals surface area (Å²) in [5, 5.41) is 17.3. The Morgan fingerprint density at radius 3 is 2.85 bits per heavy atom. The molecule has 20 heavy (non-hydrogen) atoms. The highest BCUT2D eigenvalue weighted by Gasteiger charge is 2.14. The number of rotatable bonds is 4. The van der Waals surface area contributed by atoms with Crippen molar-refractivity contribution < 1.29 is 4.74 Å². The highest BCUT2D eigenvalue weighted by Crippen LogP contribution is 2.21. The first kappa shape index (κ1) is 12.6. The Bertz CT molecular complexity index is 577. The van der Waals surface area contributed by atoms with Crippen LogP contribution in [0.1, 0.15) is 5.56 Å². The Balaban J connectivity index is 1.87. The van der Waals surface area contributed by atoms with E-state index in [4.69, 9.17) is 10.1 Å². The van der Waals surface area contributed by atoms with Crippen LogP contribution in [0.4, 0.5) is 17.5 Å². The lowest BCUT2D eigenvalue weighted by Crippen LogP contribution is -2.36. The van der Waals surface area contributed by atoms with Gasteiger partial charge in [0.15, 0.2) is 0 Å². The third-order valence-electron chi connectivity index (χ3n) is 3.16. The Kier molecular flexibility index (Phi) is 3.60. The van der Waals surface area contributed by atoms with Crippen LogP contribution in [-0.2, 0) is 4.74 Å². The SMILES string of the molecule is N=Cc1ccc(N2CCOCC2)nc1Nc1ccn[nH]1. The minimum absolute atomic E-state index is 0.647. The van der Waals surface area contributed by atoms with Crippen LogP contribution in [0.3, 0.4) is 0 Å². The van der Waals surface area contributed by atoms with Crippen LogP contribution in [0.5, 0.6) is 0 Å². The molecule has 0 spiro atoms. The zero-order valence-corrected chi connectivity index (χ0v) is 11.0. The van der Waals surface area contributed by atoms with Gasteiger partial charge < -0.3 is 20.4 Å². The van der Waals surface area contributed by atoms with Crippen molar-refractivity contribution in [2.75, 3.05) is 36.5 Å². The van der Waals surface area contributed by atoms with Crippen molar-refractivity contribution in [1.29, 1.82) is 5.41 Å². The first-order chi connectivity index (χ1) is 9.86. The summed E-state index contributed by atoms with van der Waals surface area (Å²) in [5.41, 5.74) is 0.733. The maximum Gasteiger partial charge on any atom is 0.142 e. The first-order valence-corrected chi connectivity index (χ1v) is 6.47. The van der Waals surface area contributed by atoms with Crippen LogP contribution < -0.4 is 10.2 Å². The zero-order chi connectivity index (χ0) is 13.8. The fraction of sp³-hybridized carbons (Fsp3) is 0.308. The molecule has 104 valence electrons. The fourth-order valence-corrected chi connectivity index (χ4v) is 2.10. The van der Waals surface area contributed by atoms with Gasteiger partial charge in [0.1, 0.15) is 17.5 Å². The molecule has 7 nitrogen and oxygen atoms in total. The van der Waals surface area contributed by atoms with Gasteiger partial charge in [-0.3, -0.25) is 5.10 Å². The number of H-pyrrole nitrogens is 1.